The molecule has 27 heavy (non-hydrogen) atoms. The van der Waals surface area contributed by atoms with Crippen LogP contribution < -0.4 is 20.9 Å². The lowest BCUT2D eigenvalue weighted by atomic mass is 9.83. The van der Waals surface area contributed by atoms with E-state index in [0.29, 0.717) is 6.61 Å². The average molecular weight is 368 g/mol. The maximum Gasteiger partial charge on any atom is 0.269 e. The minimum atomic E-state index is -0.424. The Balaban J connectivity index is 1.65. The van der Waals surface area contributed by atoms with Gasteiger partial charge in [-0.25, -0.2) is 10.9 Å². The Kier molecular flexibility index (Phi) is 4.51. The molecule has 140 valence electrons. The van der Waals surface area contributed by atoms with Crippen molar-refractivity contribution < 1.29 is 14.5 Å². The summed E-state index contributed by atoms with van der Waals surface area (Å²) < 4.78 is 5.49. The second-order valence-corrected chi connectivity index (χ2v) is 6.66. The predicted octanol–water partition coefficient (Wildman–Crippen LogP) is 2.00. The number of rotatable bonds is 5. The highest BCUT2D eigenvalue weighted by Gasteiger charge is 2.51. The monoisotopic (exact) mass is 368 g/mol. The van der Waals surface area contributed by atoms with Crippen molar-refractivity contribution in [2.45, 2.75) is 25.0 Å². The molecule has 4 rings (SSSR count). The fourth-order valence-electron chi connectivity index (χ4n) is 3.91. The lowest BCUT2D eigenvalue weighted by molar-refractivity contribution is -0.384. The van der Waals surface area contributed by atoms with Crippen LogP contribution in [0, 0.1) is 16.0 Å². The molecule has 2 fully saturated rings. The standard InChI is InChI=1S/C19H20N4O4/c1-2-27-14-8-6-11(7-9-14)17-15-16(20-19(24)18(15)22-21-17)12-4-3-5-13(10-12)23(25)26/h3-10,15-18,21-22H,2H2,1H3,(H,20,24). The van der Waals surface area contributed by atoms with Gasteiger partial charge in [-0.05, 0) is 30.2 Å². The smallest absolute Gasteiger partial charge is 0.269 e. The summed E-state index contributed by atoms with van der Waals surface area (Å²) >= 11 is 0. The quantitative estimate of drug-likeness (QED) is 0.551. The number of amides is 1. The number of carbonyl (C=O) groups excluding carboxylic acids is 1. The normalized spacial score (nSPS) is 26.5. The van der Waals surface area contributed by atoms with Crippen molar-refractivity contribution in [3.63, 3.8) is 0 Å². The van der Waals surface area contributed by atoms with Gasteiger partial charge in [-0.2, -0.15) is 0 Å². The number of ether oxygens (including phenoxy) is 1. The number of nitrogens with zero attached hydrogens (tertiary/aromatic N) is 1. The molecule has 8 nitrogen and oxygen atoms in total. The number of carbonyl (C=O) groups is 1. The first-order chi connectivity index (χ1) is 13.1. The number of nitrogens with one attached hydrogen (secondary N) is 3. The second kappa shape index (κ2) is 6.98. The molecule has 1 amide bonds. The van der Waals surface area contributed by atoms with E-state index in [-0.39, 0.29) is 29.6 Å². The van der Waals surface area contributed by atoms with Gasteiger partial charge in [0.2, 0.25) is 5.91 Å². The first-order valence-corrected chi connectivity index (χ1v) is 8.87. The SMILES string of the molecule is CCOc1ccc(C2NNC3C(=O)NC(c4cccc([N+](=O)[O-])c4)C32)cc1. The highest BCUT2D eigenvalue weighted by molar-refractivity contribution is 5.86. The molecule has 8 heteroatoms. The number of nitro benzene ring substituents is 1. The number of hydrazine groups is 1. The van der Waals surface area contributed by atoms with Crippen LogP contribution in [-0.4, -0.2) is 23.5 Å². The Morgan fingerprint density at radius 1 is 1.04 bits per heavy atom. The van der Waals surface area contributed by atoms with E-state index in [1.54, 1.807) is 6.07 Å². The molecule has 2 aliphatic rings. The number of hydrogen-bond donors (Lipinski definition) is 3. The number of non-ortho nitro benzene ring substituents is 1. The molecule has 2 saturated heterocycles. The fourth-order valence-corrected chi connectivity index (χ4v) is 3.91. The van der Waals surface area contributed by atoms with Crippen molar-refractivity contribution >= 4 is 11.6 Å². The molecule has 0 aliphatic carbocycles. The van der Waals surface area contributed by atoms with Gasteiger partial charge in [0, 0.05) is 18.1 Å². The number of benzene rings is 2. The summed E-state index contributed by atoms with van der Waals surface area (Å²) in [5.41, 5.74) is 8.04. The Morgan fingerprint density at radius 3 is 2.48 bits per heavy atom. The van der Waals surface area contributed by atoms with E-state index in [1.807, 2.05) is 37.3 Å². The van der Waals surface area contributed by atoms with Crippen LogP contribution in [0.1, 0.15) is 30.1 Å². The fraction of sp³-hybridized carbons (Fsp3) is 0.316. The van der Waals surface area contributed by atoms with Gasteiger partial charge < -0.3 is 10.1 Å². The number of fused-ring (bicyclic) bond motifs is 1. The summed E-state index contributed by atoms with van der Waals surface area (Å²) in [6.45, 7) is 2.53. The molecule has 0 aromatic heterocycles. The van der Waals surface area contributed by atoms with E-state index in [4.69, 9.17) is 4.74 Å². The zero-order valence-corrected chi connectivity index (χ0v) is 14.7. The van der Waals surface area contributed by atoms with E-state index >= 15 is 0 Å². The van der Waals surface area contributed by atoms with Crippen molar-refractivity contribution in [3.05, 3.63) is 69.8 Å². The predicted molar refractivity (Wildman–Crippen MR) is 97.9 cm³/mol. The van der Waals surface area contributed by atoms with Gasteiger partial charge >= 0.3 is 0 Å². The van der Waals surface area contributed by atoms with E-state index < -0.39 is 11.0 Å². The molecular weight excluding hydrogens is 348 g/mol. The van der Waals surface area contributed by atoms with Crippen molar-refractivity contribution in [3.8, 4) is 5.75 Å². The first-order valence-electron chi connectivity index (χ1n) is 8.87. The summed E-state index contributed by atoms with van der Waals surface area (Å²) in [7, 11) is 0. The largest absolute Gasteiger partial charge is 0.494 e. The van der Waals surface area contributed by atoms with Gasteiger partial charge in [0.1, 0.15) is 11.8 Å². The van der Waals surface area contributed by atoms with E-state index in [9.17, 15) is 14.9 Å². The maximum absolute atomic E-state index is 12.4. The van der Waals surface area contributed by atoms with Gasteiger partial charge in [0.15, 0.2) is 0 Å². The second-order valence-electron chi connectivity index (χ2n) is 6.66. The number of nitro groups is 1. The van der Waals surface area contributed by atoms with E-state index in [1.165, 1.54) is 12.1 Å². The molecule has 0 bridgehead atoms. The molecule has 4 atom stereocenters. The van der Waals surface area contributed by atoms with Crippen LogP contribution in [0.25, 0.3) is 0 Å². The minimum Gasteiger partial charge on any atom is -0.494 e. The summed E-state index contributed by atoms with van der Waals surface area (Å²) in [5, 5.41) is 14.1. The molecule has 0 saturated carbocycles. The van der Waals surface area contributed by atoms with E-state index in [0.717, 1.165) is 16.9 Å². The van der Waals surface area contributed by atoms with Gasteiger partial charge in [0.05, 0.1) is 23.6 Å². The lowest BCUT2D eigenvalue weighted by Crippen LogP contribution is -2.39. The Labute approximate surface area is 156 Å². The van der Waals surface area contributed by atoms with Crippen LogP contribution in [0.4, 0.5) is 5.69 Å². The van der Waals surface area contributed by atoms with Crippen molar-refractivity contribution in [2.75, 3.05) is 6.61 Å². The summed E-state index contributed by atoms with van der Waals surface area (Å²) in [4.78, 5) is 23.1. The average Bonchev–Trinajstić information content (AvgIpc) is 3.24. The van der Waals surface area contributed by atoms with Crippen molar-refractivity contribution in [1.82, 2.24) is 16.2 Å². The molecule has 2 aliphatic heterocycles. The lowest BCUT2D eigenvalue weighted by Gasteiger charge is -2.24. The van der Waals surface area contributed by atoms with Crippen LogP contribution >= 0.6 is 0 Å². The zero-order chi connectivity index (χ0) is 19.0. The molecule has 0 spiro atoms. The van der Waals surface area contributed by atoms with Crippen LogP contribution in [0.15, 0.2) is 48.5 Å². The van der Waals surface area contributed by atoms with Gasteiger partial charge in [0.25, 0.3) is 5.69 Å². The summed E-state index contributed by atoms with van der Waals surface area (Å²) in [6.07, 6.45) is 0. The van der Waals surface area contributed by atoms with E-state index in [2.05, 4.69) is 16.2 Å². The highest BCUT2D eigenvalue weighted by atomic mass is 16.6. The van der Waals surface area contributed by atoms with Crippen LogP contribution in [0.2, 0.25) is 0 Å². The molecule has 0 radical (unpaired) electrons. The summed E-state index contributed by atoms with van der Waals surface area (Å²) in [6, 6.07) is 13.4. The molecule has 3 N–H and O–H groups in total. The third kappa shape index (κ3) is 3.13. The maximum atomic E-state index is 12.4. The summed E-state index contributed by atoms with van der Waals surface area (Å²) in [5.74, 6) is 0.564. The van der Waals surface area contributed by atoms with Gasteiger partial charge in [-0.1, -0.05) is 24.3 Å². The molecular formula is C19H20N4O4. The first kappa shape index (κ1) is 17.4. The van der Waals surface area contributed by atoms with Gasteiger partial charge in [-0.3, -0.25) is 14.9 Å². The van der Waals surface area contributed by atoms with Crippen LogP contribution in [-0.2, 0) is 4.79 Å². The minimum absolute atomic E-state index is 0.0155. The Hall–Kier alpha value is -2.97. The molecule has 2 heterocycles. The Morgan fingerprint density at radius 2 is 1.78 bits per heavy atom. The highest BCUT2D eigenvalue weighted by Crippen LogP contribution is 2.42. The van der Waals surface area contributed by atoms with Crippen LogP contribution in [0.3, 0.4) is 0 Å². The van der Waals surface area contributed by atoms with Crippen LogP contribution in [0.5, 0.6) is 5.75 Å². The van der Waals surface area contributed by atoms with Gasteiger partial charge in [-0.15, -0.1) is 0 Å². The third-order valence-electron chi connectivity index (χ3n) is 5.12. The molecule has 4 unspecified atom stereocenters. The third-order valence-corrected chi connectivity index (χ3v) is 5.12. The van der Waals surface area contributed by atoms with Crippen molar-refractivity contribution in [1.29, 1.82) is 0 Å². The topological polar surface area (TPSA) is 106 Å². The molecule has 2 aromatic carbocycles. The molecule has 2 aromatic rings. The number of hydrogen-bond acceptors (Lipinski definition) is 6. The van der Waals surface area contributed by atoms with Crippen molar-refractivity contribution in [2.24, 2.45) is 5.92 Å². The Bertz CT molecular complexity index is 870. The zero-order valence-electron chi connectivity index (χ0n) is 14.7.